The van der Waals surface area contributed by atoms with E-state index in [-0.39, 0.29) is 36.8 Å². The van der Waals surface area contributed by atoms with E-state index in [0.29, 0.717) is 0 Å². The minimum Gasteiger partial charge on any atom is -0.359 e. The van der Waals surface area contributed by atoms with Crippen molar-refractivity contribution in [2.24, 2.45) is 5.73 Å². The lowest BCUT2D eigenvalue weighted by atomic mass is 9.98. The highest BCUT2D eigenvalue weighted by atomic mass is 19.1. The highest BCUT2D eigenvalue weighted by Gasteiger charge is 2.21. The molecule has 0 fully saturated rings. The van der Waals surface area contributed by atoms with Crippen LogP contribution < -0.4 is 16.4 Å². The van der Waals surface area contributed by atoms with Crippen LogP contribution in [-0.4, -0.2) is 31.4 Å². The summed E-state index contributed by atoms with van der Waals surface area (Å²) >= 11 is 0. The van der Waals surface area contributed by atoms with Crippen molar-refractivity contribution in [2.75, 3.05) is 13.6 Å². The lowest BCUT2D eigenvalue weighted by Gasteiger charge is -2.18. The van der Waals surface area contributed by atoms with Crippen LogP contribution in [0.25, 0.3) is 0 Å². The van der Waals surface area contributed by atoms with E-state index in [4.69, 9.17) is 5.73 Å². The van der Waals surface area contributed by atoms with Gasteiger partial charge in [0.1, 0.15) is 11.6 Å². The zero-order chi connectivity index (χ0) is 19.8. The van der Waals surface area contributed by atoms with Crippen molar-refractivity contribution in [2.45, 2.75) is 24.8 Å². The smallest absolute Gasteiger partial charge is 0.229 e. The van der Waals surface area contributed by atoms with Gasteiger partial charge in [-0.3, -0.25) is 9.59 Å². The molecule has 2 atom stereocenters. The molecule has 0 aromatic heterocycles. The molecule has 7 heteroatoms. The summed E-state index contributed by atoms with van der Waals surface area (Å²) < 4.78 is 26.6. The molecular weight excluding hydrogens is 352 g/mol. The number of nitrogens with two attached hydrogens (primary N) is 1. The Bertz CT molecular complexity index is 784. The normalized spacial score (nSPS) is 12.9. The molecule has 2 aromatic rings. The quantitative estimate of drug-likeness (QED) is 0.659. The molecule has 0 spiro atoms. The molecule has 0 saturated carbocycles. The van der Waals surface area contributed by atoms with E-state index in [1.54, 1.807) is 0 Å². The second-order valence-corrected chi connectivity index (χ2v) is 6.29. The van der Waals surface area contributed by atoms with Gasteiger partial charge in [-0.2, -0.15) is 0 Å². The first-order chi connectivity index (χ1) is 12.9. The van der Waals surface area contributed by atoms with Gasteiger partial charge in [0.05, 0.1) is 5.92 Å². The third-order valence-corrected chi connectivity index (χ3v) is 4.21. The Morgan fingerprint density at radius 3 is 2.44 bits per heavy atom. The van der Waals surface area contributed by atoms with E-state index in [9.17, 15) is 18.4 Å². The molecule has 2 amide bonds. The summed E-state index contributed by atoms with van der Waals surface area (Å²) in [5, 5.41) is 5.29. The Morgan fingerprint density at radius 1 is 1.11 bits per heavy atom. The van der Waals surface area contributed by atoms with Gasteiger partial charge in [0.25, 0.3) is 0 Å². The van der Waals surface area contributed by atoms with Crippen molar-refractivity contribution >= 4 is 11.8 Å². The maximum absolute atomic E-state index is 13.7. The van der Waals surface area contributed by atoms with Crippen LogP contribution in [0.2, 0.25) is 0 Å². The maximum atomic E-state index is 13.7. The first-order valence-electron chi connectivity index (χ1n) is 8.63. The lowest BCUT2D eigenvalue weighted by molar-refractivity contribution is -0.123. The van der Waals surface area contributed by atoms with Gasteiger partial charge in [0, 0.05) is 32.1 Å². The van der Waals surface area contributed by atoms with Crippen LogP contribution in [0, 0.1) is 11.6 Å². The third kappa shape index (κ3) is 6.14. The number of halogens is 2. The molecule has 2 rings (SSSR count). The second kappa shape index (κ2) is 9.78. The second-order valence-electron chi connectivity index (χ2n) is 6.29. The van der Waals surface area contributed by atoms with Gasteiger partial charge in [-0.15, -0.1) is 0 Å². The zero-order valence-corrected chi connectivity index (χ0v) is 15.0. The molecular formula is C20H23F2N3O2. The molecule has 5 nitrogen and oxygen atoms in total. The molecule has 0 aliphatic rings. The fourth-order valence-corrected chi connectivity index (χ4v) is 2.79. The van der Waals surface area contributed by atoms with Crippen LogP contribution in [0.1, 0.15) is 23.5 Å². The Hall–Kier alpha value is -2.80. The van der Waals surface area contributed by atoms with Crippen molar-refractivity contribution in [3.05, 3.63) is 71.3 Å². The summed E-state index contributed by atoms with van der Waals surface area (Å²) in [6.07, 6.45) is 0.0726. The van der Waals surface area contributed by atoms with Crippen LogP contribution in [0.5, 0.6) is 0 Å². The number of benzene rings is 2. The third-order valence-electron chi connectivity index (χ3n) is 4.21. The molecule has 0 bridgehead atoms. The van der Waals surface area contributed by atoms with E-state index >= 15 is 0 Å². The van der Waals surface area contributed by atoms with Gasteiger partial charge in [-0.05, 0) is 23.6 Å². The zero-order valence-electron chi connectivity index (χ0n) is 15.0. The minimum atomic E-state index is -0.686. The van der Waals surface area contributed by atoms with E-state index in [2.05, 4.69) is 10.6 Å². The molecule has 0 aliphatic carbocycles. The summed E-state index contributed by atoms with van der Waals surface area (Å²) in [7, 11) is 1.53. The summed E-state index contributed by atoms with van der Waals surface area (Å²) in [6, 6.07) is 11.7. The monoisotopic (exact) mass is 375 g/mol. The van der Waals surface area contributed by atoms with Crippen molar-refractivity contribution in [1.29, 1.82) is 0 Å². The van der Waals surface area contributed by atoms with Crippen molar-refractivity contribution in [1.82, 2.24) is 10.6 Å². The standard InChI is InChI=1S/C20H23F2N3O2/c1-24-20(27)17(13-5-3-2-4-6-13)12-25-19(26)11-16(23)9-14-7-8-15(21)10-18(14)22/h2-8,10,16-17H,9,11-12,23H2,1H3,(H,24,27)(H,25,26)/t16-,17-/m1/s1. The number of hydrogen-bond acceptors (Lipinski definition) is 3. The van der Waals surface area contributed by atoms with Crippen LogP contribution in [0.3, 0.4) is 0 Å². The molecule has 2 aromatic carbocycles. The fourth-order valence-electron chi connectivity index (χ4n) is 2.79. The van der Waals surface area contributed by atoms with Crippen LogP contribution in [-0.2, 0) is 16.0 Å². The van der Waals surface area contributed by atoms with Gasteiger partial charge in [-0.25, -0.2) is 8.78 Å². The number of carbonyl (C=O) groups excluding carboxylic acids is 2. The average molecular weight is 375 g/mol. The number of likely N-dealkylation sites (N-methyl/N-ethyl adjacent to an activating group) is 1. The molecule has 0 unspecified atom stereocenters. The van der Waals surface area contributed by atoms with Crippen LogP contribution >= 0.6 is 0 Å². The first kappa shape index (κ1) is 20.5. The highest BCUT2D eigenvalue weighted by molar-refractivity contribution is 5.85. The Balaban J connectivity index is 1.90. The Kier molecular flexibility index (Phi) is 7.43. The SMILES string of the molecule is CNC(=O)[C@H](CNC(=O)C[C@H](N)Cc1ccc(F)cc1F)c1ccccc1. The Morgan fingerprint density at radius 2 is 1.81 bits per heavy atom. The van der Waals surface area contributed by atoms with E-state index in [1.807, 2.05) is 30.3 Å². The minimum absolute atomic E-state index is 0.0356. The molecule has 0 heterocycles. The van der Waals surface area contributed by atoms with Crippen molar-refractivity contribution < 1.29 is 18.4 Å². The summed E-state index contributed by atoms with van der Waals surface area (Å²) in [5.41, 5.74) is 6.96. The number of hydrogen-bond donors (Lipinski definition) is 3. The maximum Gasteiger partial charge on any atom is 0.229 e. The van der Waals surface area contributed by atoms with Gasteiger partial charge >= 0.3 is 0 Å². The predicted octanol–water partition coefficient (Wildman–Crippen LogP) is 1.87. The van der Waals surface area contributed by atoms with Crippen molar-refractivity contribution in [3.8, 4) is 0 Å². The van der Waals surface area contributed by atoms with Gasteiger partial charge < -0.3 is 16.4 Å². The molecule has 144 valence electrons. The number of rotatable bonds is 8. The largest absolute Gasteiger partial charge is 0.359 e. The molecule has 0 aliphatic heterocycles. The van der Waals surface area contributed by atoms with Crippen LogP contribution in [0.4, 0.5) is 8.78 Å². The van der Waals surface area contributed by atoms with E-state index in [0.717, 1.165) is 17.7 Å². The Labute approximate surface area is 157 Å². The molecule has 27 heavy (non-hydrogen) atoms. The molecule has 0 radical (unpaired) electrons. The van der Waals surface area contributed by atoms with Gasteiger partial charge in [0.2, 0.25) is 11.8 Å². The van der Waals surface area contributed by atoms with E-state index in [1.165, 1.54) is 13.1 Å². The lowest BCUT2D eigenvalue weighted by Crippen LogP contribution is -2.38. The topological polar surface area (TPSA) is 84.2 Å². The molecule has 0 saturated heterocycles. The van der Waals surface area contributed by atoms with Crippen molar-refractivity contribution in [3.63, 3.8) is 0 Å². The predicted molar refractivity (Wildman–Crippen MR) is 98.9 cm³/mol. The number of nitrogens with one attached hydrogen (secondary N) is 2. The van der Waals surface area contributed by atoms with Gasteiger partial charge in [0.15, 0.2) is 0 Å². The van der Waals surface area contributed by atoms with Gasteiger partial charge in [-0.1, -0.05) is 36.4 Å². The fraction of sp³-hybridized carbons (Fsp3) is 0.300. The summed E-state index contributed by atoms with van der Waals surface area (Å²) in [4.78, 5) is 24.2. The molecule has 4 N–H and O–H groups in total. The summed E-state index contributed by atoms with van der Waals surface area (Å²) in [6.45, 7) is 0.125. The first-order valence-corrected chi connectivity index (χ1v) is 8.63. The van der Waals surface area contributed by atoms with E-state index < -0.39 is 23.6 Å². The number of amides is 2. The average Bonchev–Trinajstić information content (AvgIpc) is 2.64. The highest BCUT2D eigenvalue weighted by Crippen LogP contribution is 2.15. The summed E-state index contributed by atoms with van der Waals surface area (Å²) in [5.74, 6) is -2.42. The number of carbonyl (C=O) groups is 2. The van der Waals surface area contributed by atoms with Crippen LogP contribution in [0.15, 0.2) is 48.5 Å².